The number of piperidine rings is 1. The van der Waals surface area contributed by atoms with Gasteiger partial charge in [0.15, 0.2) is 0 Å². The Bertz CT molecular complexity index is 966. The lowest BCUT2D eigenvalue weighted by molar-refractivity contribution is -0.122. The number of rotatable bonds is 6. The summed E-state index contributed by atoms with van der Waals surface area (Å²) >= 11 is 0. The lowest BCUT2D eigenvalue weighted by atomic mass is 9.96. The zero-order valence-corrected chi connectivity index (χ0v) is 17.2. The molecule has 31 heavy (non-hydrogen) atoms. The van der Waals surface area contributed by atoms with E-state index >= 15 is 0 Å². The summed E-state index contributed by atoms with van der Waals surface area (Å²) in [6.07, 6.45) is 5.29. The third-order valence-corrected chi connectivity index (χ3v) is 5.01. The highest BCUT2D eigenvalue weighted by Crippen LogP contribution is 2.18. The van der Waals surface area contributed by atoms with Crippen LogP contribution in [0.15, 0.2) is 41.3 Å². The van der Waals surface area contributed by atoms with Crippen LogP contribution in [0.4, 0.5) is 0 Å². The van der Waals surface area contributed by atoms with Gasteiger partial charge < -0.3 is 14.8 Å². The van der Waals surface area contributed by atoms with Crippen molar-refractivity contribution in [2.24, 2.45) is 5.92 Å². The number of hydrogen-bond acceptors (Lipinski definition) is 8. The summed E-state index contributed by atoms with van der Waals surface area (Å²) in [5.74, 6) is 1.68. The first-order chi connectivity index (χ1) is 15.1. The van der Waals surface area contributed by atoms with Gasteiger partial charge in [-0.2, -0.15) is 0 Å². The molecular formula is C20H25N7O4. The molecule has 1 fully saturated rings. The quantitative estimate of drug-likeness (QED) is 0.557. The summed E-state index contributed by atoms with van der Waals surface area (Å²) in [6.45, 7) is 4.85. The molecule has 11 nitrogen and oxygen atoms in total. The Labute approximate surface area is 179 Å². The molecule has 0 radical (unpaired) electrons. The molecule has 1 amide bonds. The molecule has 0 aliphatic carbocycles. The summed E-state index contributed by atoms with van der Waals surface area (Å²) in [4.78, 5) is 23.2. The molecule has 1 aliphatic rings. The maximum Gasteiger partial charge on any atom is 0.290 e. The summed E-state index contributed by atoms with van der Waals surface area (Å²) in [5, 5.41) is 25.5. The van der Waals surface area contributed by atoms with Crippen molar-refractivity contribution >= 4 is 12.4 Å². The third kappa shape index (κ3) is 6.44. The predicted molar refractivity (Wildman–Crippen MR) is 109 cm³/mol. The van der Waals surface area contributed by atoms with Gasteiger partial charge in [0.25, 0.3) is 12.4 Å². The topological polar surface area (TPSA) is 139 Å². The number of aromatic nitrogens is 5. The van der Waals surface area contributed by atoms with Crippen LogP contribution in [-0.2, 0) is 11.3 Å². The maximum atomic E-state index is 12.5. The zero-order valence-electron chi connectivity index (χ0n) is 17.2. The van der Waals surface area contributed by atoms with Crippen molar-refractivity contribution in [2.45, 2.75) is 26.3 Å². The van der Waals surface area contributed by atoms with E-state index in [1.165, 1.54) is 0 Å². The zero-order chi connectivity index (χ0) is 22.1. The fraction of sp³-hybridized carbons (Fsp3) is 0.400. The number of hydrogen-bond donors (Lipinski definition) is 2. The largest absolute Gasteiger partial charge is 0.483 e. The Balaban J connectivity index is 0.000000858. The van der Waals surface area contributed by atoms with Crippen molar-refractivity contribution < 1.29 is 19.1 Å². The van der Waals surface area contributed by atoms with E-state index in [1.807, 2.05) is 24.3 Å². The maximum absolute atomic E-state index is 12.5. The number of benzene rings is 1. The van der Waals surface area contributed by atoms with Crippen LogP contribution < -0.4 is 5.32 Å². The second-order valence-electron chi connectivity index (χ2n) is 7.17. The second-order valence-corrected chi connectivity index (χ2v) is 7.17. The predicted octanol–water partition coefficient (Wildman–Crippen LogP) is 1.30. The van der Waals surface area contributed by atoms with Crippen LogP contribution in [0.25, 0.3) is 5.69 Å². The SMILES string of the molecule is Cc1nnc(CN2CCC(CNC(=O)c3cccc(-n4cnnc4)c3)CC2)o1.O=CO. The summed E-state index contributed by atoms with van der Waals surface area (Å²) in [6, 6.07) is 7.44. The lowest BCUT2D eigenvalue weighted by Gasteiger charge is -2.31. The molecule has 11 heteroatoms. The van der Waals surface area contributed by atoms with Gasteiger partial charge in [0.05, 0.1) is 6.54 Å². The number of nitrogens with zero attached hydrogens (tertiary/aromatic N) is 6. The average Bonchev–Trinajstić information content (AvgIpc) is 3.46. The van der Waals surface area contributed by atoms with Crippen molar-refractivity contribution in [1.82, 2.24) is 35.2 Å². The van der Waals surface area contributed by atoms with E-state index in [-0.39, 0.29) is 12.4 Å². The summed E-state index contributed by atoms with van der Waals surface area (Å²) < 4.78 is 7.22. The minimum absolute atomic E-state index is 0.0568. The number of carboxylic acid groups (broad SMARTS) is 1. The number of nitrogens with one attached hydrogen (secondary N) is 1. The van der Waals surface area contributed by atoms with Gasteiger partial charge in [0.2, 0.25) is 11.8 Å². The molecule has 0 saturated carbocycles. The van der Waals surface area contributed by atoms with Gasteiger partial charge in [0.1, 0.15) is 12.7 Å². The first kappa shape index (κ1) is 22.1. The number of carbonyl (C=O) groups excluding carboxylic acids is 1. The van der Waals surface area contributed by atoms with Crippen molar-refractivity contribution in [3.8, 4) is 5.69 Å². The van der Waals surface area contributed by atoms with Gasteiger partial charge in [-0.05, 0) is 50.0 Å². The van der Waals surface area contributed by atoms with Gasteiger partial charge in [0, 0.05) is 24.7 Å². The van der Waals surface area contributed by atoms with E-state index in [9.17, 15) is 4.79 Å². The Kier molecular flexibility index (Phi) is 7.82. The minimum Gasteiger partial charge on any atom is -0.483 e. The highest BCUT2D eigenvalue weighted by Gasteiger charge is 2.21. The van der Waals surface area contributed by atoms with Crippen LogP contribution in [0, 0.1) is 12.8 Å². The van der Waals surface area contributed by atoms with Gasteiger partial charge in [-0.3, -0.25) is 19.1 Å². The fourth-order valence-corrected chi connectivity index (χ4v) is 3.42. The Morgan fingerprint density at radius 2 is 1.97 bits per heavy atom. The van der Waals surface area contributed by atoms with E-state index in [4.69, 9.17) is 14.3 Å². The van der Waals surface area contributed by atoms with E-state index in [0.29, 0.717) is 36.4 Å². The van der Waals surface area contributed by atoms with Gasteiger partial charge >= 0.3 is 0 Å². The summed E-state index contributed by atoms with van der Waals surface area (Å²) in [5.41, 5.74) is 1.50. The normalized spacial score (nSPS) is 14.5. The molecule has 164 valence electrons. The van der Waals surface area contributed by atoms with Crippen LogP contribution in [0.3, 0.4) is 0 Å². The summed E-state index contributed by atoms with van der Waals surface area (Å²) in [7, 11) is 0. The fourth-order valence-electron chi connectivity index (χ4n) is 3.42. The van der Waals surface area contributed by atoms with Crippen molar-refractivity contribution in [1.29, 1.82) is 0 Å². The smallest absolute Gasteiger partial charge is 0.290 e. The average molecular weight is 427 g/mol. The first-order valence-electron chi connectivity index (χ1n) is 9.91. The molecule has 0 unspecified atom stereocenters. The molecule has 2 N–H and O–H groups in total. The minimum atomic E-state index is -0.250. The van der Waals surface area contributed by atoms with Crippen LogP contribution in [0.2, 0.25) is 0 Å². The van der Waals surface area contributed by atoms with Crippen molar-refractivity contribution in [3.63, 3.8) is 0 Å². The molecule has 0 bridgehead atoms. The van der Waals surface area contributed by atoms with E-state index in [0.717, 1.165) is 31.6 Å². The standard InChI is InChI=1S/C19H23N7O2.CH2O2/c1-14-23-24-18(28-14)11-25-7-5-15(6-8-25)10-20-19(27)16-3-2-4-17(9-16)26-12-21-22-13-26;2-1-3/h2-4,9,12-13,15H,5-8,10-11H2,1H3,(H,20,27);1H,(H,2,3). The Morgan fingerprint density at radius 1 is 1.26 bits per heavy atom. The Hall–Kier alpha value is -3.60. The van der Waals surface area contributed by atoms with Crippen LogP contribution in [0.1, 0.15) is 35.0 Å². The molecule has 3 heterocycles. The number of aryl methyl sites for hydroxylation is 1. The molecule has 1 aliphatic heterocycles. The molecular weight excluding hydrogens is 402 g/mol. The molecule has 1 aromatic carbocycles. The molecule has 2 aromatic heterocycles. The van der Waals surface area contributed by atoms with Crippen LogP contribution in [-0.4, -0.2) is 67.0 Å². The van der Waals surface area contributed by atoms with Gasteiger partial charge in [-0.1, -0.05) is 6.07 Å². The molecule has 0 spiro atoms. The number of carbonyl (C=O) groups is 2. The number of likely N-dealkylation sites (tertiary alicyclic amines) is 1. The second kappa shape index (κ2) is 11.0. The molecule has 3 aromatic rings. The van der Waals surface area contributed by atoms with Gasteiger partial charge in [-0.25, -0.2) is 0 Å². The Morgan fingerprint density at radius 3 is 2.61 bits per heavy atom. The van der Waals surface area contributed by atoms with Crippen LogP contribution >= 0.6 is 0 Å². The van der Waals surface area contributed by atoms with Crippen molar-refractivity contribution in [2.75, 3.05) is 19.6 Å². The first-order valence-corrected chi connectivity index (χ1v) is 9.91. The molecule has 0 atom stereocenters. The monoisotopic (exact) mass is 427 g/mol. The van der Waals surface area contributed by atoms with E-state index in [2.05, 4.69) is 30.6 Å². The van der Waals surface area contributed by atoms with E-state index in [1.54, 1.807) is 24.1 Å². The highest BCUT2D eigenvalue weighted by atomic mass is 16.4. The molecule has 1 saturated heterocycles. The molecule has 4 rings (SSSR count). The van der Waals surface area contributed by atoms with Crippen LogP contribution in [0.5, 0.6) is 0 Å². The highest BCUT2D eigenvalue weighted by molar-refractivity contribution is 5.94. The third-order valence-electron chi connectivity index (χ3n) is 5.01. The van der Waals surface area contributed by atoms with Gasteiger partial charge in [-0.15, -0.1) is 20.4 Å². The van der Waals surface area contributed by atoms with Crippen molar-refractivity contribution in [3.05, 3.63) is 54.3 Å². The lowest BCUT2D eigenvalue weighted by Crippen LogP contribution is -2.38. The van der Waals surface area contributed by atoms with E-state index < -0.39 is 0 Å². The number of amides is 1.